The molecule has 2 aliphatic heterocycles. The number of non-ortho nitro benzene ring substituents is 1. The molecular weight excluding hydrogens is 456 g/mol. The molecule has 11 nitrogen and oxygen atoms in total. The lowest BCUT2D eigenvalue weighted by atomic mass is 10.1. The van der Waals surface area contributed by atoms with Crippen LogP contribution < -0.4 is 9.64 Å². The molecule has 4 rings (SSSR count). The lowest BCUT2D eigenvalue weighted by molar-refractivity contribution is -0.384. The van der Waals surface area contributed by atoms with E-state index in [0.717, 1.165) is 4.90 Å². The van der Waals surface area contributed by atoms with E-state index in [1.165, 1.54) is 36.3 Å². The summed E-state index contributed by atoms with van der Waals surface area (Å²) >= 11 is 0. The molecule has 11 heteroatoms. The molecule has 184 valence electrons. The second-order valence-corrected chi connectivity index (χ2v) is 8.25. The molecule has 0 saturated carbocycles. The van der Waals surface area contributed by atoms with Crippen LogP contribution in [-0.2, 0) is 14.3 Å². The Morgan fingerprint density at radius 3 is 2.54 bits per heavy atom. The number of methoxy groups -OCH3 is 1. The van der Waals surface area contributed by atoms with E-state index in [1.54, 1.807) is 24.3 Å². The Hall–Kier alpha value is -3.83. The second-order valence-electron chi connectivity index (χ2n) is 8.25. The molecule has 2 aliphatic rings. The van der Waals surface area contributed by atoms with E-state index in [1.807, 2.05) is 0 Å². The van der Waals surface area contributed by atoms with Crippen LogP contribution in [0.1, 0.15) is 16.8 Å². The van der Waals surface area contributed by atoms with E-state index in [2.05, 4.69) is 4.90 Å². The number of amides is 3. The van der Waals surface area contributed by atoms with Gasteiger partial charge in [0.25, 0.3) is 17.5 Å². The standard InChI is InChI=1S/C24H26N4O7/c1-34-20-7-5-18(6-8-20)27-22(29)16-21(24(27)31)26(10-9-25-11-13-35-14-12-25)23(30)17-3-2-4-19(15-17)28(32)33/h2-8,15,21H,9-14,16H2,1H3. The molecule has 2 aromatic rings. The molecule has 0 bridgehead atoms. The predicted octanol–water partition coefficient (Wildman–Crippen LogP) is 1.71. The number of carbonyl (C=O) groups excluding carboxylic acids is 3. The van der Waals surface area contributed by atoms with E-state index < -0.39 is 28.7 Å². The van der Waals surface area contributed by atoms with Gasteiger partial charge in [0, 0.05) is 43.9 Å². The number of anilines is 1. The van der Waals surface area contributed by atoms with Crippen molar-refractivity contribution in [3.63, 3.8) is 0 Å². The average molecular weight is 482 g/mol. The first-order chi connectivity index (χ1) is 16.9. The zero-order chi connectivity index (χ0) is 24.9. The number of nitro benzene ring substituents is 1. The largest absolute Gasteiger partial charge is 0.497 e. The first-order valence-electron chi connectivity index (χ1n) is 11.3. The van der Waals surface area contributed by atoms with Gasteiger partial charge in [-0.15, -0.1) is 0 Å². The van der Waals surface area contributed by atoms with Gasteiger partial charge in [-0.25, -0.2) is 4.90 Å². The van der Waals surface area contributed by atoms with E-state index in [0.29, 0.717) is 44.3 Å². The van der Waals surface area contributed by atoms with Gasteiger partial charge in [-0.3, -0.25) is 29.4 Å². The molecule has 0 spiro atoms. The van der Waals surface area contributed by atoms with Crippen molar-refractivity contribution < 1.29 is 28.8 Å². The van der Waals surface area contributed by atoms with Crippen LogP contribution in [0.4, 0.5) is 11.4 Å². The Morgan fingerprint density at radius 2 is 1.89 bits per heavy atom. The molecular formula is C24H26N4O7. The topological polar surface area (TPSA) is 123 Å². The highest BCUT2D eigenvalue weighted by Crippen LogP contribution is 2.28. The van der Waals surface area contributed by atoms with Crippen molar-refractivity contribution in [1.29, 1.82) is 0 Å². The number of morpholine rings is 1. The van der Waals surface area contributed by atoms with Gasteiger partial charge in [0.1, 0.15) is 11.8 Å². The fourth-order valence-corrected chi connectivity index (χ4v) is 4.25. The van der Waals surface area contributed by atoms with Gasteiger partial charge in [-0.05, 0) is 30.3 Å². The number of imide groups is 1. The van der Waals surface area contributed by atoms with Crippen LogP contribution in [0.5, 0.6) is 5.75 Å². The lowest BCUT2D eigenvalue weighted by Crippen LogP contribution is -2.49. The van der Waals surface area contributed by atoms with Gasteiger partial charge in [-0.2, -0.15) is 0 Å². The third kappa shape index (κ3) is 5.31. The van der Waals surface area contributed by atoms with Crippen LogP contribution in [0.3, 0.4) is 0 Å². The van der Waals surface area contributed by atoms with Crippen molar-refractivity contribution in [1.82, 2.24) is 9.80 Å². The van der Waals surface area contributed by atoms with Gasteiger partial charge in [0.05, 0.1) is 37.4 Å². The van der Waals surface area contributed by atoms with Crippen LogP contribution >= 0.6 is 0 Å². The summed E-state index contributed by atoms with van der Waals surface area (Å²) in [7, 11) is 1.52. The fraction of sp³-hybridized carbons (Fsp3) is 0.375. The normalized spacial score (nSPS) is 18.5. The smallest absolute Gasteiger partial charge is 0.270 e. The summed E-state index contributed by atoms with van der Waals surface area (Å²) in [4.78, 5) is 55.0. The van der Waals surface area contributed by atoms with E-state index in [-0.39, 0.29) is 24.2 Å². The third-order valence-electron chi connectivity index (χ3n) is 6.16. The summed E-state index contributed by atoms with van der Waals surface area (Å²) in [6, 6.07) is 10.9. The summed E-state index contributed by atoms with van der Waals surface area (Å²) in [6.07, 6.45) is -0.172. The number of hydrogen-bond donors (Lipinski definition) is 0. The van der Waals surface area contributed by atoms with Gasteiger partial charge < -0.3 is 14.4 Å². The Kier molecular flexibility index (Phi) is 7.37. The van der Waals surface area contributed by atoms with E-state index in [4.69, 9.17) is 9.47 Å². The average Bonchev–Trinajstić information content (AvgIpc) is 3.18. The maximum Gasteiger partial charge on any atom is 0.270 e. The van der Waals surface area contributed by atoms with E-state index in [9.17, 15) is 24.5 Å². The van der Waals surface area contributed by atoms with Crippen molar-refractivity contribution in [2.45, 2.75) is 12.5 Å². The highest BCUT2D eigenvalue weighted by Gasteiger charge is 2.44. The number of benzene rings is 2. The fourth-order valence-electron chi connectivity index (χ4n) is 4.25. The molecule has 2 fully saturated rings. The quantitative estimate of drug-likeness (QED) is 0.317. The number of rotatable bonds is 8. The molecule has 2 aromatic carbocycles. The highest BCUT2D eigenvalue weighted by molar-refractivity contribution is 6.23. The minimum atomic E-state index is -1.02. The Balaban J connectivity index is 1.61. The predicted molar refractivity (Wildman–Crippen MR) is 125 cm³/mol. The number of carbonyl (C=O) groups is 3. The van der Waals surface area contributed by atoms with Crippen molar-refractivity contribution >= 4 is 29.1 Å². The molecule has 3 amide bonds. The molecule has 35 heavy (non-hydrogen) atoms. The molecule has 0 N–H and O–H groups in total. The minimum Gasteiger partial charge on any atom is -0.497 e. The molecule has 2 heterocycles. The number of ether oxygens (including phenoxy) is 2. The first kappa shape index (κ1) is 24.3. The van der Waals surface area contributed by atoms with Crippen molar-refractivity contribution in [3.05, 3.63) is 64.2 Å². The van der Waals surface area contributed by atoms with Gasteiger partial charge >= 0.3 is 0 Å². The van der Waals surface area contributed by atoms with Crippen LogP contribution in [0.15, 0.2) is 48.5 Å². The first-order valence-corrected chi connectivity index (χ1v) is 11.3. The number of hydrogen-bond acceptors (Lipinski definition) is 8. The summed E-state index contributed by atoms with van der Waals surface area (Å²) in [5, 5.41) is 11.2. The summed E-state index contributed by atoms with van der Waals surface area (Å²) in [5.74, 6) is -0.892. The Bertz CT molecular complexity index is 1120. The lowest BCUT2D eigenvalue weighted by Gasteiger charge is -2.32. The van der Waals surface area contributed by atoms with Crippen LogP contribution in [0, 0.1) is 10.1 Å². The van der Waals surface area contributed by atoms with Crippen LogP contribution in [0.25, 0.3) is 0 Å². The van der Waals surface area contributed by atoms with Crippen LogP contribution in [0.2, 0.25) is 0 Å². The summed E-state index contributed by atoms with van der Waals surface area (Å²) in [6.45, 7) is 3.19. The molecule has 0 aliphatic carbocycles. The van der Waals surface area contributed by atoms with E-state index >= 15 is 0 Å². The zero-order valence-corrected chi connectivity index (χ0v) is 19.3. The maximum absolute atomic E-state index is 13.5. The van der Waals surface area contributed by atoms with Crippen LogP contribution in [-0.4, -0.2) is 85.0 Å². The van der Waals surface area contributed by atoms with Gasteiger partial charge in [0.2, 0.25) is 5.91 Å². The summed E-state index contributed by atoms with van der Waals surface area (Å²) < 4.78 is 10.5. The Morgan fingerprint density at radius 1 is 1.17 bits per heavy atom. The van der Waals surface area contributed by atoms with Crippen molar-refractivity contribution in [2.24, 2.45) is 0 Å². The molecule has 1 unspecified atom stereocenters. The third-order valence-corrected chi connectivity index (χ3v) is 6.16. The minimum absolute atomic E-state index is 0.0873. The van der Waals surface area contributed by atoms with Crippen molar-refractivity contribution in [2.75, 3.05) is 51.4 Å². The Labute approximate surface area is 202 Å². The molecule has 0 aromatic heterocycles. The number of nitrogens with zero attached hydrogens (tertiary/aromatic N) is 4. The maximum atomic E-state index is 13.5. The van der Waals surface area contributed by atoms with Gasteiger partial charge in [-0.1, -0.05) is 6.07 Å². The number of nitro groups is 1. The zero-order valence-electron chi connectivity index (χ0n) is 19.3. The summed E-state index contributed by atoms with van der Waals surface area (Å²) in [5.41, 5.74) is 0.251. The van der Waals surface area contributed by atoms with Gasteiger partial charge in [0.15, 0.2) is 0 Å². The molecule has 0 radical (unpaired) electrons. The second kappa shape index (κ2) is 10.6. The van der Waals surface area contributed by atoms with Crippen molar-refractivity contribution in [3.8, 4) is 5.75 Å². The molecule has 2 saturated heterocycles. The highest BCUT2D eigenvalue weighted by atomic mass is 16.6. The monoisotopic (exact) mass is 482 g/mol. The molecule has 1 atom stereocenters. The SMILES string of the molecule is COc1ccc(N2C(=O)CC(N(CCN3CCOCC3)C(=O)c3cccc([N+](=O)[O-])c3)C2=O)cc1.